The van der Waals surface area contributed by atoms with Crippen molar-refractivity contribution in [3.63, 3.8) is 0 Å². The van der Waals surface area contributed by atoms with Gasteiger partial charge in [0.25, 0.3) is 5.91 Å². The van der Waals surface area contributed by atoms with E-state index in [9.17, 15) is 4.79 Å². The van der Waals surface area contributed by atoms with E-state index in [1.54, 1.807) is 42.5 Å². The second kappa shape index (κ2) is 10.5. The maximum absolute atomic E-state index is 11.9. The van der Waals surface area contributed by atoms with Gasteiger partial charge in [-0.1, -0.05) is 64.8 Å². The van der Waals surface area contributed by atoms with Crippen LogP contribution in [0.5, 0.6) is 5.75 Å². The molecule has 0 heterocycles. The third-order valence-corrected chi connectivity index (χ3v) is 4.37. The molecule has 0 atom stereocenters. The fourth-order valence-corrected chi connectivity index (χ4v) is 2.83. The molecule has 1 amide bonds. The summed E-state index contributed by atoms with van der Waals surface area (Å²) < 4.78 is 5.71. The summed E-state index contributed by atoms with van der Waals surface area (Å²) in [5.74, 6) is 0.384. The van der Waals surface area contributed by atoms with E-state index in [0.29, 0.717) is 33.7 Å². The average Bonchev–Trinajstić information content (AvgIpc) is 2.73. The van der Waals surface area contributed by atoms with E-state index in [-0.39, 0.29) is 12.5 Å². The molecule has 29 heavy (non-hydrogen) atoms. The van der Waals surface area contributed by atoms with Crippen molar-refractivity contribution in [3.05, 3.63) is 94.0 Å². The SMILES string of the molecule is O=C(CO/N=C\c1ccc(Cl)cc1Cl)Nc1ccc(OCc2ccccc2)cc1. The molecule has 3 aromatic rings. The van der Waals surface area contributed by atoms with Gasteiger partial charge in [0.1, 0.15) is 12.4 Å². The average molecular weight is 429 g/mol. The molecule has 0 radical (unpaired) electrons. The number of nitrogens with one attached hydrogen (secondary N) is 1. The summed E-state index contributed by atoms with van der Waals surface area (Å²) in [5, 5.41) is 7.45. The Kier molecular flexibility index (Phi) is 7.50. The molecule has 1 N–H and O–H groups in total. The van der Waals surface area contributed by atoms with Crippen LogP contribution in [0.2, 0.25) is 10.0 Å². The number of carbonyl (C=O) groups excluding carboxylic acids is 1. The molecule has 0 bridgehead atoms. The highest BCUT2D eigenvalue weighted by Crippen LogP contribution is 2.19. The summed E-state index contributed by atoms with van der Waals surface area (Å²) in [6, 6.07) is 22.0. The minimum atomic E-state index is -0.331. The van der Waals surface area contributed by atoms with Crippen LogP contribution in [0.25, 0.3) is 0 Å². The van der Waals surface area contributed by atoms with Crippen molar-refractivity contribution in [3.8, 4) is 5.75 Å². The Labute approximate surface area is 178 Å². The molecule has 5 nitrogen and oxygen atoms in total. The Morgan fingerprint density at radius 1 is 1.00 bits per heavy atom. The van der Waals surface area contributed by atoms with Gasteiger partial charge in [-0.05, 0) is 42.0 Å². The van der Waals surface area contributed by atoms with Gasteiger partial charge in [-0.15, -0.1) is 0 Å². The Morgan fingerprint density at radius 2 is 1.76 bits per heavy atom. The van der Waals surface area contributed by atoms with Crippen molar-refractivity contribution in [2.75, 3.05) is 11.9 Å². The summed E-state index contributed by atoms with van der Waals surface area (Å²) in [6.45, 7) is 0.254. The van der Waals surface area contributed by atoms with Crippen LogP contribution in [0.1, 0.15) is 11.1 Å². The summed E-state index contributed by atoms with van der Waals surface area (Å²) in [4.78, 5) is 17.0. The lowest BCUT2D eigenvalue weighted by Gasteiger charge is -2.08. The molecule has 0 aliphatic carbocycles. The maximum Gasteiger partial charge on any atom is 0.265 e. The van der Waals surface area contributed by atoms with Gasteiger partial charge in [0.15, 0.2) is 6.61 Å². The topological polar surface area (TPSA) is 59.9 Å². The maximum atomic E-state index is 11.9. The quantitative estimate of drug-likeness (QED) is 0.377. The molecule has 7 heteroatoms. The van der Waals surface area contributed by atoms with E-state index in [4.69, 9.17) is 32.8 Å². The number of oxime groups is 1. The molecular formula is C22H18Cl2N2O3. The lowest BCUT2D eigenvalue weighted by molar-refractivity contribution is -0.120. The molecule has 0 aromatic heterocycles. The van der Waals surface area contributed by atoms with Crippen molar-refractivity contribution < 1.29 is 14.4 Å². The van der Waals surface area contributed by atoms with Gasteiger partial charge in [-0.3, -0.25) is 4.79 Å². The molecule has 0 spiro atoms. The van der Waals surface area contributed by atoms with Crippen molar-refractivity contribution in [1.82, 2.24) is 0 Å². The standard InChI is InChI=1S/C22H18Cl2N2O3/c23-18-7-6-17(21(24)12-18)13-25-29-15-22(27)26-19-8-10-20(11-9-19)28-14-16-4-2-1-3-5-16/h1-13H,14-15H2,(H,26,27)/b25-13-. The number of ether oxygens (including phenoxy) is 1. The number of halogens is 2. The fourth-order valence-electron chi connectivity index (χ4n) is 2.37. The number of hydrogen-bond donors (Lipinski definition) is 1. The first kappa shape index (κ1) is 20.7. The zero-order valence-corrected chi connectivity index (χ0v) is 16.9. The van der Waals surface area contributed by atoms with Crippen molar-refractivity contribution in [2.45, 2.75) is 6.61 Å². The number of nitrogens with zero attached hydrogens (tertiary/aromatic N) is 1. The van der Waals surface area contributed by atoms with Gasteiger partial charge in [0.05, 0.1) is 11.2 Å². The van der Waals surface area contributed by atoms with Gasteiger partial charge in [-0.2, -0.15) is 0 Å². The third-order valence-electron chi connectivity index (χ3n) is 3.81. The number of carbonyl (C=O) groups is 1. The lowest BCUT2D eigenvalue weighted by atomic mass is 10.2. The second-order valence-electron chi connectivity index (χ2n) is 6.02. The summed E-state index contributed by atoms with van der Waals surface area (Å²) in [7, 11) is 0. The summed E-state index contributed by atoms with van der Waals surface area (Å²) >= 11 is 11.9. The number of rotatable bonds is 8. The number of benzene rings is 3. The van der Waals surface area contributed by atoms with Gasteiger partial charge >= 0.3 is 0 Å². The van der Waals surface area contributed by atoms with Gasteiger partial charge in [0, 0.05) is 16.3 Å². The molecule has 0 unspecified atom stereocenters. The van der Waals surface area contributed by atoms with Gasteiger partial charge < -0.3 is 14.9 Å². The molecule has 0 fully saturated rings. The Hall–Kier alpha value is -3.02. The zero-order valence-electron chi connectivity index (χ0n) is 15.3. The third kappa shape index (κ3) is 6.82. The summed E-state index contributed by atoms with van der Waals surface area (Å²) in [5.41, 5.74) is 2.36. The number of anilines is 1. The highest BCUT2D eigenvalue weighted by Gasteiger charge is 2.04. The molecule has 3 rings (SSSR count). The van der Waals surface area contributed by atoms with Gasteiger partial charge in [-0.25, -0.2) is 0 Å². The van der Waals surface area contributed by atoms with Crippen LogP contribution in [-0.4, -0.2) is 18.7 Å². The van der Waals surface area contributed by atoms with Crippen LogP contribution in [-0.2, 0) is 16.2 Å². The van der Waals surface area contributed by atoms with Crippen LogP contribution in [0, 0.1) is 0 Å². The number of hydrogen-bond acceptors (Lipinski definition) is 4. The predicted octanol–water partition coefficient (Wildman–Crippen LogP) is 5.56. The van der Waals surface area contributed by atoms with Crippen LogP contribution < -0.4 is 10.1 Å². The lowest BCUT2D eigenvalue weighted by Crippen LogP contribution is -2.16. The minimum absolute atomic E-state index is 0.228. The molecule has 148 valence electrons. The highest BCUT2D eigenvalue weighted by molar-refractivity contribution is 6.36. The van der Waals surface area contributed by atoms with Crippen molar-refractivity contribution >= 4 is 41.0 Å². The van der Waals surface area contributed by atoms with E-state index < -0.39 is 0 Å². The molecule has 0 aliphatic heterocycles. The van der Waals surface area contributed by atoms with Crippen LogP contribution in [0.15, 0.2) is 78.0 Å². The normalized spacial score (nSPS) is 10.7. The molecule has 3 aromatic carbocycles. The zero-order chi connectivity index (χ0) is 20.5. The van der Waals surface area contributed by atoms with Crippen molar-refractivity contribution in [1.29, 1.82) is 0 Å². The highest BCUT2D eigenvalue weighted by atomic mass is 35.5. The van der Waals surface area contributed by atoms with E-state index in [0.717, 1.165) is 5.56 Å². The Balaban J connectivity index is 1.42. The van der Waals surface area contributed by atoms with Crippen LogP contribution >= 0.6 is 23.2 Å². The van der Waals surface area contributed by atoms with Gasteiger partial charge in [0.2, 0.25) is 0 Å². The second-order valence-corrected chi connectivity index (χ2v) is 6.86. The van der Waals surface area contributed by atoms with E-state index in [2.05, 4.69) is 10.5 Å². The fraction of sp³-hybridized carbons (Fsp3) is 0.0909. The monoisotopic (exact) mass is 428 g/mol. The first-order valence-corrected chi connectivity index (χ1v) is 9.53. The first-order valence-electron chi connectivity index (χ1n) is 8.77. The van der Waals surface area contributed by atoms with E-state index >= 15 is 0 Å². The van der Waals surface area contributed by atoms with E-state index in [1.165, 1.54) is 6.21 Å². The summed E-state index contributed by atoms with van der Waals surface area (Å²) in [6.07, 6.45) is 1.42. The Morgan fingerprint density at radius 3 is 2.48 bits per heavy atom. The minimum Gasteiger partial charge on any atom is -0.489 e. The number of amides is 1. The molecule has 0 saturated carbocycles. The molecular weight excluding hydrogens is 411 g/mol. The molecule has 0 aliphatic rings. The first-order chi connectivity index (χ1) is 14.1. The smallest absolute Gasteiger partial charge is 0.265 e. The molecule has 0 saturated heterocycles. The van der Waals surface area contributed by atoms with Crippen molar-refractivity contribution in [2.24, 2.45) is 5.16 Å². The predicted molar refractivity (Wildman–Crippen MR) is 116 cm³/mol. The van der Waals surface area contributed by atoms with Crippen LogP contribution in [0.4, 0.5) is 5.69 Å². The van der Waals surface area contributed by atoms with E-state index in [1.807, 2.05) is 30.3 Å². The Bertz CT molecular complexity index is 977. The van der Waals surface area contributed by atoms with Crippen LogP contribution in [0.3, 0.4) is 0 Å². The largest absolute Gasteiger partial charge is 0.489 e.